The molecular weight excluding hydrogens is 364 g/mol. The highest BCUT2D eigenvalue weighted by Gasteiger charge is 2.12. The minimum absolute atomic E-state index is 0.148. The number of benzene rings is 2. The van der Waals surface area contributed by atoms with Gasteiger partial charge in [0.2, 0.25) is 5.78 Å². The topological polar surface area (TPSA) is 71.3 Å². The number of aromatic nitrogens is 3. The Morgan fingerprint density at radius 3 is 2.54 bits per heavy atom. The molecule has 6 nitrogen and oxygen atoms in total. The van der Waals surface area contributed by atoms with Crippen LogP contribution in [0.4, 0.5) is 25.0 Å². The summed E-state index contributed by atoms with van der Waals surface area (Å²) in [5.74, 6) is -1.42. The van der Waals surface area contributed by atoms with Gasteiger partial charge >= 0.3 is 6.03 Å². The quantitative estimate of drug-likeness (QED) is 0.545. The number of anilines is 2. The Morgan fingerprint density at radius 2 is 1.79 bits per heavy atom. The number of aryl methyl sites for hydroxylation is 1. The third kappa shape index (κ3) is 3.39. The van der Waals surface area contributed by atoms with Crippen LogP contribution in [0.15, 0.2) is 60.9 Å². The number of halogens is 2. The molecule has 4 aromatic rings. The summed E-state index contributed by atoms with van der Waals surface area (Å²) in [6.07, 6.45) is 3.55. The SMILES string of the molecule is Cc1c(-c2cccc(NC(=O)Nc3ccc(F)c(F)c3)c2)nc2ncccn12. The van der Waals surface area contributed by atoms with Crippen molar-refractivity contribution in [3.63, 3.8) is 0 Å². The summed E-state index contributed by atoms with van der Waals surface area (Å²) < 4.78 is 28.1. The van der Waals surface area contributed by atoms with Gasteiger partial charge in [-0.25, -0.2) is 23.5 Å². The van der Waals surface area contributed by atoms with E-state index in [2.05, 4.69) is 20.6 Å². The van der Waals surface area contributed by atoms with Gasteiger partial charge in [0, 0.05) is 41.1 Å². The summed E-state index contributed by atoms with van der Waals surface area (Å²) in [6, 6.07) is 11.6. The number of fused-ring (bicyclic) bond motifs is 1. The zero-order valence-electron chi connectivity index (χ0n) is 14.8. The Kier molecular flexibility index (Phi) is 4.44. The highest BCUT2D eigenvalue weighted by atomic mass is 19.2. The maximum absolute atomic E-state index is 13.3. The number of rotatable bonds is 3. The molecule has 2 amide bonds. The molecule has 0 unspecified atom stereocenters. The van der Waals surface area contributed by atoms with Gasteiger partial charge in [0.25, 0.3) is 0 Å². The van der Waals surface area contributed by atoms with E-state index in [1.54, 1.807) is 24.4 Å². The number of amides is 2. The van der Waals surface area contributed by atoms with Crippen molar-refractivity contribution in [3.05, 3.63) is 78.3 Å². The highest BCUT2D eigenvalue weighted by molar-refractivity contribution is 6.00. The fourth-order valence-corrected chi connectivity index (χ4v) is 2.89. The Hall–Kier alpha value is -3.81. The standard InChI is InChI=1S/C20H15F2N5O/c1-12-18(26-19-23-8-3-9-27(12)19)13-4-2-5-14(10-13)24-20(28)25-15-6-7-16(21)17(22)11-15/h2-11H,1H3,(H2,24,25,28). The monoisotopic (exact) mass is 379 g/mol. The van der Waals surface area contributed by atoms with E-state index in [1.807, 2.05) is 29.7 Å². The van der Waals surface area contributed by atoms with Gasteiger partial charge in [-0.2, -0.15) is 0 Å². The summed E-state index contributed by atoms with van der Waals surface area (Å²) in [7, 11) is 0. The predicted molar refractivity (Wildman–Crippen MR) is 102 cm³/mol. The summed E-state index contributed by atoms with van der Waals surface area (Å²) in [4.78, 5) is 20.9. The normalized spacial score (nSPS) is 10.8. The average molecular weight is 379 g/mol. The zero-order valence-corrected chi connectivity index (χ0v) is 14.8. The van der Waals surface area contributed by atoms with Crippen LogP contribution in [-0.4, -0.2) is 20.4 Å². The van der Waals surface area contributed by atoms with Crippen molar-refractivity contribution in [3.8, 4) is 11.3 Å². The number of carbonyl (C=O) groups excluding carboxylic acids is 1. The van der Waals surface area contributed by atoms with E-state index in [0.717, 1.165) is 29.1 Å². The summed E-state index contributed by atoms with van der Waals surface area (Å²) in [6.45, 7) is 1.94. The number of nitrogens with one attached hydrogen (secondary N) is 2. The molecule has 0 aliphatic heterocycles. The number of carbonyl (C=O) groups is 1. The van der Waals surface area contributed by atoms with Crippen LogP contribution in [-0.2, 0) is 0 Å². The maximum atomic E-state index is 13.3. The van der Waals surface area contributed by atoms with Crippen molar-refractivity contribution in [1.82, 2.24) is 14.4 Å². The molecule has 2 N–H and O–H groups in total. The fraction of sp³-hybridized carbons (Fsp3) is 0.0500. The first-order chi connectivity index (χ1) is 13.5. The fourth-order valence-electron chi connectivity index (χ4n) is 2.89. The van der Waals surface area contributed by atoms with E-state index in [0.29, 0.717) is 11.5 Å². The molecular formula is C20H15F2N5O. The second kappa shape index (κ2) is 7.07. The Balaban J connectivity index is 1.55. The van der Waals surface area contributed by atoms with Gasteiger partial charge in [0.1, 0.15) is 0 Å². The lowest BCUT2D eigenvalue weighted by molar-refractivity contribution is 0.262. The predicted octanol–water partition coefficient (Wildman–Crippen LogP) is 4.63. The van der Waals surface area contributed by atoms with E-state index >= 15 is 0 Å². The molecule has 2 aromatic carbocycles. The third-order valence-electron chi connectivity index (χ3n) is 4.21. The first-order valence-electron chi connectivity index (χ1n) is 8.44. The molecule has 0 fully saturated rings. The minimum Gasteiger partial charge on any atom is -0.308 e. The Morgan fingerprint density at radius 1 is 1.00 bits per heavy atom. The molecule has 2 aromatic heterocycles. The number of urea groups is 1. The van der Waals surface area contributed by atoms with Crippen LogP contribution < -0.4 is 10.6 Å². The molecule has 8 heteroatoms. The Bertz CT molecular complexity index is 1190. The molecule has 0 saturated carbocycles. The van der Waals surface area contributed by atoms with Crippen molar-refractivity contribution >= 4 is 23.2 Å². The van der Waals surface area contributed by atoms with E-state index in [4.69, 9.17) is 0 Å². The van der Waals surface area contributed by atoms with Crippen LogP contribution in [0.5, 0.6) is 0 Å². The van der Waals surface area contributed by atoms with Gasteiger partial charge in [0.15, 0.2) is 11.6 Å². The van der Waals surface area contributed by atoms with Crippen LogP contribution in [0, 0.1) is 18.6 Å². The average Bonchev–Trinajstić information content (AvgIpc) is 3.02. The van der Waals surface area contributed by atoms with Gasteiger partial charge < -0.3 is 10.6 Å². The van der Waals surface area contributed by atoms with Gasteiger partial charge in [-0.1, -0.05) is 12.1 Å². The van der Waals surface area contributed by atoms with Gasteiger partial charge in [-0.3, -0.25) is 4.40 Å². The number of imidazole rings is 1. The number of hydrogen-bond acceptors (Lipinski definition) is 3. The number of nitrogens with zero attached hydrogens (tertiary/aromatic N) is 3. The molecule has 4 rings (SSSR count). The molecule has 0 atom stereocenters. The van der Waals surface area contributed by atoms with Crippen LogP contribution in [0.1, 0.15) is 5.69 Å². The Labute approximate surface area is 158 Å². The zero-order chi connectivity index (χ0) is 19.7. The second-order valence-electron chi connectivity index (χ2n) is 6.12. The van der Waals surface area contributed by atoms with Crippen molar-refractivity contribution in [2.45, 2.75) is 6.92 Å². The summed E-state index contributed by atoms with van der Waals surface area (Å²) >= 11 is 0. The van der Waals surface area contributed by atoms with E-state index < -0.39 is 17.7 Å². The first-order valence-corrected chi connectivity index (χ1v) is 8.44. The molecule has 28 heavy (non-hydrogen) atoms. The lowest BCUT2D eigenvalue weighted by atomic mass is 10.1. The molecule has 0 bridgehead atoms. The third-order valence-corrected chi connectivity index (χ3v) is 4.21. The lowest BCUT2D eigenvalue weighted by Gasteiger charge is -2.09. The van der Waals surface area contributed by atoms with Crippen molar-refractivity contribution < 1.29 is 13.6 Å². The van der Waals surface area contributed by atoms with Gasteiger partial charge in [-0.15, -0.1) is 0 Å². The maximum Gasteiger partial charge on any atom is 0.323 e. The smallest absolute Gasteiger partial charge is 0.308 e. The van der Waals surface area contributed by atoms with Crippen LogP contribution in [0.3, 0.4) is 0 Å². The van der Waals surface area contributed by atoms with Crippen molar-refractivity contribution in [2.24, 2.45) is 0 Å². The molecule has 140 valence electrons. The first kappa shape index (κ1) is 17.6. The summed E-state index contributed by atoms with van der Waals surface area (Å²) in [5.41, 5.74) is 3.17. The van der Waals surface area contributed by atoms with Gasteiger partial charge in [-0.05, 0) is 37.3 Å². The molecule has 0 saturated heterocycles. The van der Waals surface area contributed by atoms with E-state index in [1.165, 1.54) is 6.07 Å². The molecule has 0 spiro atoms. The highest BCUT2D eigenvalue weighted by Crippen LogP contribution is 2.25. The largest absolute Gasteiger partial charge is 0.323 e. The lowest BCUT2D eigenvalue weighted by Crippen LogP contribution is -2.19. The second-order valence-corrected chi connectivity index (χ2v) is 6.12. The van der Waals surface area contributed by atoms with Crippen LogP contribution in [0.2, 0.25) is 0 Å². The van der Waals surface area contributed by atoms with Crippen LogP contribution in [0.25, 0.3) is 17.0 Å². The molecule has 0 radical (unpaired) electrons. The van der Waals surface area contributed by atoms with E-state index in [9.17, 15) is 13.6 Å². The molecule has 0 aliphatic carbocycles. The van der Waals surface area contributed by atoms with E-state index in [-0.39, 0.29) is 5.69 Å². The van der Waals surface area contributed by atoms with Crippen LogP contribution >= 0.6 is 0 Å². The summed E-state index contributed by atoms with van der Waals surface area (Å²) in [5, 5.41) is 5.14. The van der Waals surface area contributed by atoms with Crippen molar-refractivity contribution in [1.29, 1.82) is 0 Å². The minimum atomic E-state index is -1.03. The number of hydrogen-bond donors (Lipinski definition) is 2. The molecule has 0 aliphatic rings. The van der Waals surface area contributed by atoms with Gasteiger partial charge in [0.05, 0.1) is 5.69 Å². The molecule has 2 heterocycles. The van der Waals surface area contributed by atoms with Crippen molar-refractivity contribution in [2.75, 3.05) is 10.6 Å².